The first-order chi connectivity index (χ1) is 23.4. The van der Waals surface area contributed by atoms with Crippen molar-refractivity contribution in [1.82, 2.24) is 19.4 Å². The highest BCUT2D eigenvalue weighted by Crippen LogP contribution is 2.39. The maximum atomic E-state index is 13.0. The van der Waals surface area contributed by atoms with Gasteiger partial charge in [-0.2, -0.15) is 11.8 Å². The number of ether oxygens (including phenoxy) is 4. The fraction of sp³-hybridized carbons (Fsp3) is 0.600. The maximum absolute atomic E-state index is 13.0. The fourth-order valence-electron chi connectivity index (χ4n) is 5.96. The summed E-state index contributed by atoms with van der Waals surface area (Å²) >= 11 is 8.20. The second-order valence-electron chi connectivity index (χ2n) is 11.7. The van der Waals surface area contributed by atoms with Gasteiger partial charge in [-0.1, -0.05) is 18.5 Å². The number of aromatic nitrogens is 3. The summed E-state index contributed by atoms with van der Waals surface area (Å²) in [5.74, 6) is 3.00. The predicted octanol–water partition coefficient (Wildman–Crippen LogP) is 5.01. The lowest BCUT2D eigenvalue weighted by Crippen LogP contribution is -2.46. The monoisotopic (exact) mass is 703 g/mol. The van der Waals surface area contributed by atoms with Gasteiger partial charge in [-0.15, -0.1) is 0 Å². The number of piperidine rings is 1. The number of fused-ring (bicyclic) bond motifs is 1. The first-order valence-corrected chi connectivity index (χ1v) is 18.4. The van der Waals surface area contributed by atoms with Crippen molar-refractivity contribution in [2.45, 2.75) is 51.6 Å². The molecule has 1 saturated heterocycles. The number of amides is 1. The van der Waals surface area contributed by atoms with E-state index in [1.807, 2.05) is 61.1 Å². The SMILES string of the molecule is CCOCCOCCOCCOCCC(=O)N1CCC(C=O)(c2ccncc2N(C)Cc2nc3cc(Cl)ccc3n2CCSCC)CC1. The summed E-state index contributed by atoms with van der Waals surface area (Å²) in [5.41, 5.74) is 3.03. The van der Waals surface area contributed by atoms with E-state index < -0.39 is 5.41 Å². The van der Waals surface area contributed by atoms with Crippen LogP contribution >= 0.6 is 23.4 Å². The third-order valence-corrected chi connectivity index (χ3v) is 9.71. The minimum Gasteiger partial charge on any atom is -0.379 e. The molecule has 0 radical (unpaired) electrons. The van der Waals surface area contributed by atoms with Gasteiger partial charge in [0.2, 0.25) is 5.91 Å². The third-order valence-electron chi connectivity index (χ3n) is 8.59. The van der Waals surface area contributed by atoms with E-state index in [0.29, 0.717) is 96.8 Å². The lowest BCUT2D eigenvalue weighted by atomic mass is 9.73. The number of carbonyl (C=O) groups excluding carboxylic acids is 2. The third kappa shape index (κ3) is 10.6. The van der Waals surface area contributed by atoms with Crippen molar-refractivity contribution in [2.75, 3.05) is 89.4 Å². The molecular formula is C35H50ClN5O6S. The second-order valence-corrected chi connectivity index (χ2v) is 13.5. The van der Waals surface area contributed by atoms with Crippen LogP contribution < -0.4 is 4.90 Å². The molecular weight excluding hydrogens is 654 g/mol. The Hall–Kier alpha value is -2.74. The average molecular weight is 704 g/mol. The van der Waals surface area contributed by atoms with Gasteiger partial charge < -0.3 is 38.1 Å². The van der Waals surface area contributed by atoms with E-state index in [-0.39, 0.29) is 5.91 Å². The van der Waals surface area contributed by atoms with Crippen LogP contribution in [0.25, 0.3) is 11.0 Å². The van der Waals surface area contributed by atoms with Crippen molar-refractivity contribution in [3.8, 4) is 0 Å². The van der Waals surface area contributed by atoms with Gasteiger partial charge in [-0.3, -0.25) is 9.78 Å². The summed E-state index contributed by atoms with van der Waals surface area (Å²) in [5, 5.41) is 0.659. The molecule has 13 heteroatoms. The highest BCUT2D eigenvalue weighted by molar-refractivity contribution is 7.99. The smallest absolute Gasteiger partial charge is 0.224 e. The highest BCUT2D eigenvalue weighted by atomic mass is 35.5. The molecule has 0 atom stereocenters. The van der Waals surface area contributed by atoms with E-state index in [2.05, 4.69) is 21.4 Å². The highest BCUT2D eigenvalue weighted by Gasteiger charge is 2.39. The molecule has 0 saturated carbocycles. The van der Waals surface area contributed by atoms with Gasteiger partial charge in [0.15, 0.2) is 0 Å². The molecule has 0 N–H and O–H groups in total. The van der Waals surface area contributed by atoms with Gasteiger partial charge in [-0.25, -0.2) is 4.98 Å². The molecule has 1 aliphatic rings. The standard InChI is InChI=1S/C35H50ClN5O6S/c1-4-44-17-18-46-21-22-47-20-19-45-16-9-34(43)40-13-10-35(27-42,11-14-40)29-8-12-37-25-32(29)39(3)26-33-38-30-24-28(36)6-7-31(30)41(33)15-23-48-5-2/h6-8,12,24-25,27H,4-5,9-11,13-23,26H2,1-3H3. The number of hydrogen-bond acceptors (Lipinski definition) is 10. The van der Waals surface area contributed by atoms with Crippen LogP contribution in [0.1, 0.15) is 44.5 Å². The Bertz CT molecular complexity index is 1430. The second kappa shape index (κ2) is 20.1. The molecule has 48 heavy (non-hydrogen) atoms. The van der Waals surface area contributed by atoms with Gasteiger partial charge in [0, 0.05) is 50.3 Å². The van der Waals surface area contributed by atoms with Crippen molar-refractivity contribution in [1.29, 1.82) is 0 Å². The minimum absolute atomic E-state index is 0.0328. The predicted molar refractivity (Wildman–Crippen MR) is 191 cm³/mol. The van der Waals surface area contributed by atoms with E-state index in [9.17, 15) is 9.59 Å². The number of aldehydes is 1. The van der Waals surface area contributed by atoms with E-state index in [0.717, 1.165) is 52.4 Å². The van der Waals surface area contributed by atoms with Crippen molar-refractivity contribution < 1.29 is 28.5 Å². The molecule has 1 aliphatic heterocycles. The topological polar surface area (TPSA) is 108 Å². The number of benzene rings is 1. The molecule has 3 heterocycles. The van der Waals surface area contributed by atoms with E-state index in [1.54, 1.807) is 6.20 Å². The lowest BCUT2D eigenvalue weighted by molar-refractivity contribution is -0.135. The Morgan fingerprint density at radius 1 is 1.02 bits per heavy atom. The number of carbonyl (C=O) groups is 2. The van der Waals surface area contributed by atoms with Crippen molar-refractivity contribution >= 4 is 52.3 Å². The zero-order chi connectivity index (χ0) is 34.2. The zero-order valence-electron chi connectivity index (χ0n) is 28.5. The molecule has 0 aliphatic carbocycles. The number of likely N-dealkylation sites (tertiary alicyclic amines) is 1. The molecule has 0 bridgehead atoms. The molecule has 2 aromatic heterocycles. The first-order valence-electron chi connectivity index (χ1n) is 16.9. The molecule has 1 amide bonds. The van der Waals surface area contributed by atoms with Crippen LogP contribution in [0.4, 0.5) is 5.69 Å². The van der Waals surface area contributed by atoms with Crippen LogP contribution in [-0.2, 0) is 47.0 Å². The lowest BCUT2D eigenvalue weighted by Gasteiger charge is -2.40. The average Bonchev–Trinajstić information content (AvgIpc) is 3.44. The first kappa shape index (κ1) is 38.1. The van der Waals surface area contributed by atoms with E-state index >= 15 is 0 Å². The van der Waals surface area contributed by atoms with Gasteiger partial charge in [0.05, 0.1) is 87.5 Å². The Morgan fingerprint density at radius 2 is 1.71 bits per heavy atom. The molecule has 1 aromatic carbocycles. The van der Waals surface area contributed by atoms with Crippen molar-refractivity contribution in [3.05, 3.63) is 53.1 Å². The number of aryl methyl sites for hydroxylation is 1. The van der Waals surface area contributed by atoms with Crippen LogP contribution in [0.5, 0.6) is 0 Å². The summed E-state index contributed by atoms with van der Waals surface area (Å²) in [4.78, 5) is 39.1. The van der Waals surface area contributed by atoms with Crippen LogP contribution in [0, 0.1) is 0 Å². The molecule has 0 spiro atoms. The Kier molecular flexibility index (Phi) is 15.9. The van der Waals surface area contributed by atoms with Crippen LogP contribution in [0.15, 0.2) is 36.7 Å². The largest absolute Gasteiger partial charge is 0.379 e. The summed E-state index contributed by atoms with van der Waals surface area (Å²) in [6.07, 6.45) is 6.00. The fourth-order valence-corrected chi connectivity index (χ4v) is 6.73. The van der Waals surface area contributed by atoms with Crippen LogP contribution in [-0.4, -0.2) is 116 Å². The molecule has 3 aromatic rings. The number of nitrogens with zero attached hydrogens (tertiary/aromatic N) is 5. The van der Waals surface area contributed by atoms with Crippen molar-refractivity contribution in [3.63, 3.8) is 0 Å². The Balaban J connectivity index is 1.30. The van der Waals surface area contributed by atoms with E-state index in [1.165, 1.54) is 0 Å². The number of thioether (sulfide) groups is 1. The quantitative estimate of drug-likeness (QED) is 0.105. The molecule has 264 valence electrons. The summed E-state index contributed by atoms with van der Waals surface area (Å²) in [6.45, 7) is 10.5. The zero-order valence-corrected chi connectivity index (χ0v) is 30.1. The van der Waals surface area contributed by atoms with Crippen LogP contribution in [0.3, 0.4) is 0 Å². The number of pyridine rings is 1. The summed E-state index contributed by atoms with van der Waals surface area (Å²) < 4.78 is 24.0. The maximum Gasteiger partial charge on any atom is 0.224 e. The Morgan fingerprint density at radius 3 is 2.38 bits per heavy atom. The molecule has 11 nitrogen and oxygen atoms in total. The van der Waals surface area contributed by atoms with E-state index in [4.69, 9.17) is 35.5 Å². The summed E-state index contributed by atoms with van der Waals surface area (Å²) in [7, 11) is 2.01. The van der Waals surface area contributed by atoms with Gasteiger partial charge in [-0.05, 0) is 55.3 Å². The number of halogens is 1. The van der Waals surface area contributed by atoms with Gasteiger partial charge in [0.25, 0.3) is 0 Å². The normalized spacial score (nSPS) is 14.5. The van der Waals surface area contributed by atoms with Gasteiger partial charge >= 0.3 is 0 Å². The van der Waals surface area contributed by atoms with Gasteiger partial charge in [0.1, 0.15) is 12.1 Å². The molecule has 4 rings (SSSR count). The number of rotatable bonds is 22. The Labute approximate surface area is 293 Å². The summed E-state index contributed by atoms with van der Waals surface area (Å²) in [6, 6.07) is 7.78. The number of anilines is 1. The van der Waals surface area contributed by atoms with Crippen LogP contribution in [0.2, 0.25) is 5.02 Å². The van der Waals surface area contributed by atoms with Crippen molar-refractivity contribution in [2.24, 2.45) is 0 Å². The molecule has 0 unspecified atom stereocenters. The number of imidazole rings is 1. The number of hydrogen-bond donors (Lipinski definition) is 0. The minimum atomic E-state index is -0.713. The molecule has 1 fully saturated rings.